The molecule has 126 valence electrons. The summed E-state index contributed by atoms with van der Waals surface area (Å²) in [5.41, 5.74) is 1.78. The van der Waals surface area contributed by atoms with Crippen molar-refractivity contribution in [1.29, 1.82) is 0 Å². The maximum absolute atomic E-state index is 12.1. The molecule has 1 fully saturated rings. The SMILES string of the molecule is O=C(CCC1CCNC1)Nc1cccc(OCc2cccnc2)c1. The van der Waals surface area contributed by atoms with Crippen molar-refractivity contribution >= 4 is 11.6 Å². The minimum Gasteiger partial charge on any atom is -0.489 e. The quantitative estimate of drug-likeness (QED) is 0.821. The number of hydrogen-bond acceptors (Lipinski definition) is 4. The number of pyridine rings is 1. The lowest BCUT2D eigenvalue weighted by Crippen LogP contribution is -2.15. The van der Waals surface area contributed by atoms with Gasteiger partial charge in [-0.15, -0.1) is 0 Å². The highest BCUT2D eigenvalue weighted by Crippen LogP contribution is 2.20. The van der Waals surface area contributed by atoms with Crippen molar-refractivity contribution in [3.63, 3.8) is 0 Å². The zero-order valence-corrected chi connectivity index (χ0v) is 13.7. The molecule has 5 nitrogen and oxygen atoms in total. The van der Waals surface area contributed by atoms with Gasteiger partial charge in [0.25, 0.3) is 0 Å². The molecule has 1 aromatic heterocycles. The smallest absolute Gasteiger partial charge is 0.224 e. The van der Waals surface area contributed by atoms with Crippen molar-refractivity contribution in [2.45, 2.75) is 25.9 Å². The summed E-state index contributed by atoms with van der Waals surface area (Å²) in [5.74, 6) is 1.42. The first-order valence-electron chi connectivity index (χ1n) is 8.42. The molecule has 24 heavy (non-hydrogen) atoms. The van der Waals surface area contributed by atoms with Crippen LogP contribution >= 0.6 is 0 Å². The number of nitrogens with zero attached hydrogens (tertiary/aromatic N) is 1. The summed E-state index contributed by atoms with van der Waals surface area (Å²) in [4.78, 5) is 16.1. The summed E-state index contributed by atoms with van der Waals surface area (Å²) in [5, 5.41) is 6.28. The van der Waals surface area contributed by atoms with Gasteiger partial charge in [-0.2, -0.15) is 0 Å². The Morgan fingerprint density at radius 2 is 2.29 bits per heavy atom. The van der Waals surface area contributed by atoms with Crippen molar-refractivity contribution in [3.05, 3.63) is 54.4 Å². The Balaban J connectivity index is 1.48. The van der Waals surface area contributed by atoms with E-state index >= 15 is 0 Å². The largest absolute Gasteiger partial charge is 0.489 e. The van der Waals surface area contributed by atoms with Gasteiger partial charge in [-0.25, -0.2) is 0 Å². The van der Waals surface area contributed by atoms with Gasteiger partial charge in [-0.3, -0.25) is 9.78 Å². The van der Waals surface area contributed by atoms with E-state index in [0.717, 1.165) is 36.5 Å². The van der Waals surface area contributed by atoms with Gasteiger partial charge in [0.15, 0.2) is 0 Å². The summed E-state index contributed by atoms with van der Waals surface area (Å²) in [6, 6.07) is 11.4. The van der Waals surface area contributed by atoms with E-state index < -0.39 is 0 Å². The minimum atomic E-state index is 0.0614. The molecule has 1 unspecified atom stereocenters. The molecule has 0 aliphatic carbocycles. The van der Waals surface area contributed by atoms with Crippen LogP contribution in [0, 0.1) is 5.92 Å². The number of aromatic nitrogens is 1. The molecule has 0 bridgehead atoms. The predicted molar refractivity (Wildman–Crippen MR) is 93.9 cm³/mol. The number of anilines is 1. The molecule has 1 aliphatic rings. The second kappa shape index (κ2) is 8.45. The molecular formula is C19H23N3O2. The molecule has 1 aromatic carbocycles. The Morgan fingerprint density at radius 1 is 1.33 bits per heavy atom. The number of hydrogen-bond donors (Lipinski definition) is 2. The molecular weight excluding hydrogens is 302 g/mol. The maximum Gasteiger partial charge on any atom is 0.224 e. The lowest BCUT2D eigenvalue weighted by Gasteiger charge is -2.10. The molecule has 0 radical (unpaired) electrons. The molecule has 1 saturated heterocycles. The van der Waals surface area contributed by atoms with Gasteiger partial charge in [0.2, 0.25) is 5.91 Å². The number of benzene rings is 1. The molecule has 2 N–H and O–H groups in total. The summed E-state index contributed by atoms with van der Waals surface area (Å²) in [7, 11) is 0. The first kappa shape index (κ1) is 16.5. The summed E-state index contributed by atoms with van der Waals surface area (Å²) in [6.07, 6.45) is 6.19. The first-order chi connectivity index (χ1) is 11.8. The van der Waals surface area contributed by atoms with Crippen molar-refractivity contribution in [2.75, 3.05) is 18.4 Å². The minimum absolute atomic E-state index is 0.0614. The summed E-state index contributed by atoms with van der Waals surface area (Å²) < 4.78 is 5.76. The van der Waals surface area contributed by atoms with Crippen LogP contribution in [0.5, 0.6) is 5.75 Å². The van der Waals surface area contributed by atoms with Crippen LogP contribution in [0.3, 0.4) is 0 Å². The third-order valence-electron chi connectivity index (χ3n) is 4.19. The zero-order valence-electron chi connectivity index (χ0n) is 13.7. The van der Waals surface area contributed by atoms with Crippen LogP contribution in [0.4, 0.5) is 5.69 Å². The van der Waals surface area contributed by atoms with E-state index in [0.29, 0.717) is 18.9 Å². The number of rotatable bonds is 7. The van der Waals surface area contributed by atoms with E-state index in [9.17, 15) is 4.79 Å². The van der Waals surface area contributed by atoms with Gasteiger partial charge >= 0.3 is 0 Å². The Bertz CT molecular complexity index is 655. The highest BCUT2D eigenvalue weighted by Gasteiger charge is 2.15. The molecule has 2 heterocycles. The standard InChI is InChI=1S/C19H23N3O2/c23-19(7-6-15-8-10-21-12-15)22-17-4-1-5-18(11-17)24-14-16-3-2-9-20-13-16/h1-5,9,11,13,15,21H,6-8,10,12,14H2,(H,22,23). The predicted octanol–water partition coefficient (Wildman–Crippen LogP) is 2.99. The fourth-order valence-electron chi connectivity index (χ4n) is 2.83. The number of carbonyl (C=O) groups excluding carboxylic acids is 1. The van der Waals surface area contributed by atoms with E-state index in [1.807, 2.05) is 36.4 Å². The second-order valence-corrected chi connectivity index (χ2v) is 6.12. The lowest BCUT2D eigenvalue weighted by atomic mass is 10.0. The fraction of sp³-hybridized carbons (Fsp3) is 0.368. The fourth-order valence-corrected chi connectivity index (χ4v) is 2.83. The zero-order chi connectivity index (χ0) is 16.6. The van der Waals surface area contributed by atoms with Gasteiger partial charge < -0.3 is 15.4 Å². The summed E-state index contributed by atoms with van der Waals surface area (Å²) in [6.45, 7) is 2.56. The van der Waals surface area contributed by atoms with Gasteiger partial charge in [0, 0.05) is 36.1 Å². The Hall–Kier alpha value is -2.40. The maximum atomic E-state index is 12.1. The average molecular weight is 325 g/mol. The van der Waals surface area contributed by atoms with Crippen LogP contribution in [0.25, 0.3) is 0 Å². The molecule has 3 rings (SSSR count). The number of nitrogens with one attached hydrogen (secondary N) is 2. The number of ether oxygens (including phenoxy) is 1. The average Bonchev–Trinajstić information content (AvgIpc) is 3.13. The Kier molecular flexibility index (Phi) is 5.80. The monoisotopic (exact) mass is 325 g/mol. The highest BCUT2D eigenvalue weighted by molar-refractivity contribution is 5.90. The van der Waals surface area contributed by atoms with E-state index in [4.69, 9.17) is 4.74 Å². The molecule has 1 atom stereocenters. The topological polar surface area (TPSA) is 63.2 Å². The summed E-state index contributed by atoms with van der Waals surface area (Å²) >= 11 is 0. The van der Waals surface area contributed by atoms with Crippen molar-refractivity contribution in [2.24, 2.45) is 5.92 Å². The van der Waals surface area contributed by atoms with Crippen LogP contribution < -0.4 is 15.4 Å². The molecule has 2 aromatic rings. The first-order valence-corrected chi connectivity index (χ1v) is 8.42. The third-order valence-corrected chi connectivity index (χ3v) is 4.19. The van der Waals surface area contributed by atoms with Crippen LogP contribution in [0.15, 0.2) is 48.8 Å². The van der Waals surface area contributed by atoms with Crippen LogP contribution in [-0.4, -0.2) is 24.0 Å². The Labute approximate surface area is 142 Å². The molecule has 0 saturated carbocycles. The van der Waals surface area contributed by atoms with Crippen LogP contribution in [0.2, 0.25) is 0 Å². The van der Waals surface area contributed by atoms with Gasteiger partial charge in [-0.1, -0.05) is 12.1 Å². The third kappa shape index (κ3) is 5.06. The normalized spacial score (nSPS) is 16.8. The molecule has 5 heteroatoms. The molecule has 1 aliphatic heterocycles. The van der Waals surface area contributed by atoms with E-state index in [1.165, 1.54) is 6.42 Å². The van der Waals surface area contributed by atoms with E-state index in [2.05, 4.69) is 15.6 Å². The van der Waals surface area contributed by atoms with E-state index in [-0.39, 0.29) is 5.91 Å². The highest BCUT2D eigenvalue weighted by atomic mass is 16.5. The van der Waals surface area contributed by atoms with Crippen LogP contribution in [0.1, 0.15) is 24.8 Å². The van der Waals surface area contributed by atoms with Crippen molar-refractivity contribution in [3.8, 4) is 5.75 Å². The van der Waals surface area contributed by atoms with Gasteiger partial charge in [0.05, 0.1) is 0 Å². The van der Waals surface area contributed by atoms with Gasteiger partial charge in [0.1, 0.15) is 12.4 Å². The van der Waals surface area contributed by atoms with Crippen molar-refractivity contribution < 1.29 is 9.53 Å². The second-order valence-electron chi connectivity index (χ2n) is 6.12. The molecule has 1 amide bonds. The number of amides is 1. The van der Waals surface area contributed by atoms with Crippen LogP contribution in [-0.2, 0) is 11.4 Å². The lowest BCUT2D eigenvalue weighted by molar-refractivity contribution is -0.116. The van der Waals surface area contributed by atoms with E-state index in [1.54, 1.807) is 12.4 Å². The van der Waals surface area contributed by atoms with Crippen molar-refractivity contribution in [1.82, 2.24) is 10.3 Å². The Morgan fingerprint density at radius 3 is 3.08 bits per heavy atom. The van der Waals surface area contributed by atoms with Gasteiger partial charge in [-0.05, 0) is 50.0 Å². The molecule has 0 spiro atoms. The number of carbonyl (C=O) groups is 1.